The molecule has 0 radical (unpaired) electrons. The van der Waals surface area contributed by atoms with Crippen LogP contribution in [-0.2, 0) is 58.4 Å². The molecule has 0 spiro atoms. The van der Waals surface area contributed by atoms with Gasteiger partial charge in [0, 0.05) is 45.1 Å². The highest BCUT2D eigenvalue weighted by atomic mass is 31.2. The van der Waals surface area contributed by atoms with Gasteiger partial charge in [-0.15, -0.1) is 0 Å². The number of unbranched alkanes of at least 4 members (excludes halogenated alkanes) is 14. The number of carbonyl (C=O) groups is 2. The maximum atomic E-state index is 12.8. The zero-order valence-corrected chi connectivity index (χ0v) is 38.4. The minimum absolute atomic E-state index is 0.00613. The maximum absolute atomic E-state index is 12.8. The summed E-state index contributed by atoms with van der Waals surface area (Å²) in [6.07, 6.45) is 22.5. The second-order valence-corrected chi connectivity index (χ2v) is 17.8. The van der Waals surface area contributed by atoms with E-state index in [1.807, 2.05) is 19.0 Å². The van der Waals surface area contributed by atoms with Crippen molar-refractivity contribution >= 4 is 19.8 Å². The normalized spacial score (nSPS) is 13.3. The van der Waals surface area contributed by atoms with Crippen LogP contribution in [0.1, 0.15) is 182 Å². The van der Waals surface area contributed by atoms with Gasteiger partial charge in [-0.05, 0) is 96.1 Å². The van der Waals surface area contributed by atoms with E-state index in [1.165, 1.54) is 55.2 Å². The van der Waals surface area contributed by atoms with Crippen LogP contribution >= 0.6 is 7.82 Å². The van der Waals surface area contributed by atoms with Crippen molar-refractivity contribution in [2.75, 3.05) is 40.5 Å². The van der Waals surface area contributed by atoms with Crippen LogP contribution in [0.3, 0.4) is 0 Å². The molecule has 58 heavy (non-hydrogen) atoms. The number of phosphoric acid groups is 1. The van der Waals surface area contributed by atoms with Crippen LogP contribution in [0.25, 0.3) is 0 Å². The van der Waals surface area contributed by atoms with Gasteiger partial charge in [-0.2, -0.15) is 0 Å². The molecule has 334 valence electrons. The molecule has 1 N–H and O–H groups in total. The number of hydrogen-bond donors (Lipinski definition) is 1. The van der Waals surface area contributed by atoms with E-state index < -0.39 is 32.5 Å². The minimum atomic E-state index is -4.39. The number of rotatable bonds is 36. The van der Waals surface area contributed by atoms with Crippen LogP contribution in [0, 0.1) is 20.8 Å². The number of furan rings is 2. The summed E-state index contributed by atoms with van der Waals surface area (Å²) in [6, 6.07) is 2.18. The molecule has 2 heterocycles. The lowest BCUT2D eigenvalue weighted by molar-refractivity contribution is -0.161. The molecular weight excluding hydrogens is 757 g/mol. The lowest BCUT2D eigenvalue weighted by atomic mass is 10.0. The van der Waals surface area contributed by atoms with Crippen LogP contribution < -0.4 is 0 Å². The summed E-state index contributed by atoms with van der Waals surface area (Å²) in [5.41, 5.74) is 3.87. The SMILES string of the molecule is CCCCCc1oc(CCCCCCCCC(=O)O[C@H](COC(=O)CCCCCCCCCCc2oc(CCC)cc2C)COP(=O)(O)OCCN(C)C)c(C)c1C. The van der Waals surface area contributed by atoms with Gasteiger partial charge < -0.3 is 28.1 Å². The molecule has 0 amide bonds. The number of nitrogens with zero attached hydrogens (tertiary/aromatic N) is 1. The molecule has 0 aliphatic carbocycles. The summed E-state index contributed by atoms with van der Waals surface area (Å²) in [6.45, 7) is 10.6. The van der Waals surface area contributed by atoms with Crippen molar-refractivity contribution in [3.63, 3.8) is 0 Å². The van der Waals surface area contributed by atoms with Gasteiger partial charge in [-0.3, -0.25) is 18.6 Å². The van der Waals surface area contributed by atoms with E-state index in [1.54, 1.807) is 0 Å². The van der Waals surface area contributed by atoms with Crippen LogP contribution in [-0.4, -0.2) is 68.3 Å². The molecule has 2 aromatic heterocycles. The summed E-state index contributed by atoms with van der Waals surface area (Å²) >= 11 is 0. The number of carbonyl (C=O) groups excluding carboxylic acids is 2. The Labute approximate surface area is 351 Å². The molecule has 11 nitrogen and oxygen atoms in total. The third-order valence-corrected chi connectivity index (χ3v) is 11.7. The van der Waals surface area contributed by atoms with Crippen molar-refractivity contribution in [1.82, 2.24) is 4.90 Å². The number of phosphoric ester groups is 1. The second-order valence-electron chi connectivity index (χ2n) is 16.4. The first-order valence-corrected chi connectivity index (χ1v) is 24.1. The molecule has 0 bridgehead atoms. The Morgan fingerprint density at radius 3 is 1.72 bits per heavy atom. The zero-order valence-electron chi connectivity index (χ0n) is 37.5. The quantitative estimate of drug-likeness (QED) is 0.0399. The van der Waals surface area contributed by atoms with Gasteiger partial charge in [0.2, 0.25) is 0 Å². The number of hydrogen-bond acceptors (Lipinski definition) is 10. The molecule has 0 aliphatic heterocycles. The Bertz CT molecular complexity index is 1450. The fourth-order valence-corrected chi connectivity index (χ4v) is 7.73. The summed E-state index contributed by atoms with van der Waals surface area (Å²) in [5, 5.41) is 0. The number of esters is 2. The molecule has 0 aliphatic rings. The lowest BCUT2D eigenvalue weighted by Gasteiger charge is -2.20. The lowest BCUT2D eigenvalue weighted by Crippen LogP contribution is -2.29. The highest BCUT2D eigenvalue weighted by Crippen LogP contribution is 2.43. The monoisotopic (exact) mass is 838 g/mol. The first kappa shape index (κ1) is 51.7. The van der Waals surface area contributed by atoms with E-state index in [9.17, 15) is 19.0 Å². The summed E-state index contributed by atoms with van der Waals surface area (Å²) in [7, 11) is -0.749. The molecule has 2 rings (SSSR count). The average molecular weight is 838 g/mol. The smallest absolute Gasteiger partial charge is 0.466 e. The van der Waals surface area contributed by atoms with E-state index in [0.717, 1.165) is 113 Å². The largest absolute Gasteiger partial charge is 0.472 e. The van der Waals surface area contributed by atoms with Crippen molar-refractivity contribution < 1.29 is 46.4 Å². The van der Waals surface area contributed by atoms with Crippen LogP contribution in [0.15, 0.2) is 14.9 Å². The van der Waals surface area contributed by atoms with Crippen LogP contribution in [0.5, 0.6) is 0 Å². The van der Waals surface area contributed by atoms with Crippen molar-refractivity contribution in [3.05, 3.63) is 45.8 Å². The van der Waals surface area contributed by atoms with E-state index >= 15 is 0 Å². The summed E-state index contributed by atoms with van der Waals surface area (Å²) in [5.74, 6) is 3.66. The van der Waals surface area contributed by atoms with Gasteiger partial charge in [0.1, 0.15) is 29.6 Å². The zero-order chi connectivity index (χ0) is 42.6. The number of ether oxygens (including phenoxy) is 2. The third kappa shape index (κ3) is 23.4. The van der Waals surface area contributed by atoms with E-state index in [0.29, 0.717) is 19.4 Å². The maximum Gasteiger partial charge on any atom is 0.472 e. The van der Waals surface area contributed by atoms with Gasteiger partial charge in [-0.25, -0.2) is 4.57 Å². The summed E-state index contributed by atoms with van der Waals surface area (Å²) < 4.78 is 45.8. The average Bonchev–Trinajstić information content (AvgIpc) is 3.66. The first-order chi connectivity index (χ1) is 27.8. The molecule has 0 saturated heterocycles. The van der Waals surface area contributed by atoms with Crippen molar-refractivity contribution in [2.24, 2.45) is 0 Å². The van der Waals surface area contributed by atoms with Crippen molar-refractivity contribution in [2.45, 2.75) is 195 Å². The predicted octanol–water partition coefficient (Wildman–Crippen LogP) is 11.7. The van der Waals surface area contributed by atoms with E-state index in [2.05, 4.69) is 40.7 Å². The van der Waals surface area contributed by atoms with Gasteiger partial charge in [0.15, 0.2) is 6.10 Å². The molecule has 2 atom stereocenters. The first-order valence-electron chi connectivity index (χ1n) is 22.6. The van der Waals surface area contributed by atoms with Crippen LogP contribution in [0.2, 0.25) is 0 Å². The Hall–Kier alpha value is -2.43. The highest BCUT2D eigenvalue weighted by Gasteiger charge is 2.26. The fourth-order valence-electron chi connectivity index (χ4n) is 6.99. The number of likely N-dealkylation sites (N-methyl/N-ethyl adjacent to an activating group) is 1. The van der Waals surface area contributed by atoms with Crippen LogP contribution in [0.4, 0.5) is 0 Å². The Morgan fingerprint density at radius 1 is 0.655 bits per heavy atom. The molecule has 2 aromatic rings. The standard InChI is InChI=1S/C46H80NO10P/c1-8-10-21-28-43-38(4)39(5)44(57-43)29-23-18-15-16-20-25-31-46(49)56-41(36-54-58(50,51)53-33-32-47(6)7)35-52-45(48)30-24-19-14-12-11-13-17-22-27-42-37(3)34-40(55-42)26-9-2/h34,41H,8-33,35-36H2,1-7H3,(H,50,51)/t41-/m1/s1. The Balaban J connectivity index is 1.64. The van der Waals surface area contributed by atoms with E-state index in [4.69, 9.17) is 27.4 Å². The number of aryl methyl sites for hydroxylation is 5. The highest BCUT2D eigenvalue weighted by molar-refractivity contribution is 7.47. The molecule has 0 saturated carbocycles. The minimum Gasteiger partial charge on any atom is -0.466 e. The van der Waals surface area contributed by atoms with Gasteiger partial charge in [0.25, 0.3) is 0 Å². The summed E-state index contributed by atoms with van der Waals surface area (Å²) in [4.78, 5) is 37.3. The molecule has 0 aromatic carbocycles. The van der Waals surface area contributed by atoms with Gasteiger partial charge in [-0.1, -0.05) is 90.9 Å². The molecule has 0 fully saturated rings. The molecule has 12 heteroatoms. The molecular formula is C46H80NO10P. The van der Waals surface area contributed by atoms with Crippen molar-refractivity contribution in [1.29, 1.82) is 0 Å². The predicted molar refractivity (Wildman–Crippen MR) is 231 cm³/mol. The van der Waals surface area contributed by atoms with Crippen molar-refractivity contribution in [3.8, 4) is 0 Å². The van der Waals surface area contributed by atoms with Gasteiger partial charge in [0.05, 0.1) is 13.2 Å². The van der Waals surface area contributed by atoms with E-state index in [-0.39, 0.29) is 26.1 Å². The Morgan fingerprint density at radius 2 is 1.17 bits per heavy atom. The molecule has 1 unspecified atom stereocenters. The third-order valence-electron chi connectivity index (χ3n) is 10.7. The van der Waals surface area contributed by atoms with Gasteiger partial charge >= 0.3 is 19.8 Å². The topological polar surface area (TPSA) is 138 Å². The second kappa shape index (κ2) is 30.6. The fraction of sp³-hybridized carbons (Fsp3) is 0.783. The Kier molecular flexibility index (Phi) is 27.3.